The molecule has 96 valence electrons. The maximum absolute atomic E-state index is 11.1. The van der Waals surface area contributed by atoms with E-state index in [-0.39, 0.29) is 0 Å². The number of nitrogen functional groups attached to an aromatic ring is 1. The number of aryl methyl sites for hydroxylation is 1. The lowest BCUT2D eigenvalue weighted by Gasteiger charge is -2.22. The van der Waals surface area contributed by atoms with Gasteiger partial charge in [-0.05, 0) is 31.0 Å². The highest BCUT2D eigenvalue weighted by Gasteiger charge is 2.27. The smallest absolute Gasteiger partial charge is 0.193 e. The second kappa shape index (κ2) is 5.03. The predicted octanol–water partition coefficient (Wildman–Crippen LogP) is 1.52. The quantitative estimate of drug-likeness (QED) is 0.646. The molecular weight excluding hydrogens is 230 g/mol. The zero-order valence-corrected chi connectivity index (χ0v) is 10.6. The molecule has 0 radical (unpaired) electrons. The molecule has 1 aliphatic heterocycles. The maximum atomic E-state index is 11.1. The van der Waals surface area contributed by atoms with E-state index in [0.717, 1.165) is 23.1 Å². The van der Waals surface area contributed by atoms with E-state index in [9.17, 15) is 4.79 Å². The van der Waals surface area contributed by atoms with Crippen LogP contribution in [0.4, 0.5) is 5.69 Å². The minimum absolute atomic E-state index is 0.409. The van der Waals surface area contributed by atoms with Crippen LogP contribution in [0.1, 0.15) is 18.1 Å². The van der Waals surface area contributed by atoms with Gasteiger partial charge in [0.25, 0.3) is 0 Å². The minimum Gasteiger partial charge on any atom is -0.399 e. The van der Waals surface area contributed by atoms with Gasteiger partial charge in [0.05, 0.1) is 6.54 Å². The van der Waals surface area contributed by atoms with Crippen LogP contribution in [0, 0.1) is 6.92 Å². The number of carbonyl (C=O) groups excluding carboxylic acids is 1. The van der Waals surface area contributed by atoms with Gasteiger partial charge in [0.1, 0.15) is 0 Å². The molecule has 6 heteroatoms. The zero-order valence-electron chi connectivity index (χ0n) is 10.6. The Balaban J connectivity index is 2.12. The fourth-order valence-electron chi connectivity index (χ4n) is 1.90. The van der Waals surface area contributed by atoms with Crippen LogP contribution in [0.25, 0.3) is 0 Å². The summed E-state index contributed by atoms with van der Waals surface area (Å²) in [6.07, 6.45) is 0.445. The van der Waals surface area contributed by atoms with Gasteiger partial charge in [-0.25, -0.2) is 10.0 Å². The molecule has 1 atom stereocenters. The number of hydrogen-bond acceptors (Lipinski definition) is 6. The summed E-state index contributed by atoms with van der Waals surface area (Å²) in [6.45, 7) is 5.10. The molecule has 0 spiro atoms. The highest BCUT2D eigenvalue weighted by Crippen LogP contribution is 2.20. The molecule has 1 aromatic rings. The monoisotopic (exact) mass is 247 g/mol. The molecule has 0 bridgehead atoms. The number of aldehydes is 1. The molecule has 2 N–H and O–H groups in total. The Morgan fingerprint density at radius 3 is 2.72 bits per heavy atom. The topological polar surface area (TPSA) is 74.3 Å². The predicted molar refractivity (Wildman–Crippen MR) is 68.2 cm³/mol. The Hall–Kier alpha value is -2.11. The molecule has 18 heavy (non-hydrogen) atoms. The van der Waals surface area contributed by atoms with Gasteiger partial charge >= 0.3 is 0 Å². The Morgan fingerprint density at radius 1 is 1.39 bits per heavy atom. The van der Waals surface area contributed by atoms with Crippen molar-refractivity contribution in [3.05, 3.63) is 29.3 Å². The minimum atomic E-state index is -0.409. The molecule has 0 saturated heterocycles. The molecule has 0 aromatic heterocycles. The van der Waals surface area contributed by atoms with Crippen molar-refractivity contribution in [2.24, 2.45) is 10.4 Å². The van der Waals surface area contributed by atoms with Gasteiger partial charge in [-0.15, -0.1) is 0 Å². The van der Waals surface area contributed by atoms with Crippen molar-refractivity contribution in [3.8, 4) is 0 Å². The van der Waals surface area contributed by atoms with Crippen molar-refractivity contribution in [1.82, 2.24) is 10.0 Å². The van der Waals surface area contributed by atoms with E-state index in [2.05, 4.69) is 10.4 Å². The Labute approximate surface area is 106 Å². The normalized spacial score (nSPS) is 18.4. The van der Waals surface area contributed by atoms with E-state index in [1.165, 1.54) is 0 Å². The first-order valence-corrected chi connectivity index (χ1v) is 5.91. The lowest BCUT2D eigenvalue weighted by Crippen LogP contribution is -2.39. The molecule has 1 heterocycles. The third-order valence-corrected chi connectivity index (χ3v) is 3.00. The number of benzene rings is 1. The van der Waals surface area contributed by atoms with E-state index >= 15 is 0 Å². The van der Waals surface area contributed by atoms with Crippen molar-refractivity contribution in [2.75, 3.05) is 12.3 Å². The number of nitrogens with two attached hydrogens (primary N) is 1. The van der Waals surface area contributed by atoms with Crippen molar-refractivity contribution >= 4 is 12.0 Å². The Kier molecular flexibility index (Phi) is 3.45. The van der Waals surface area contributed by atoms with Gasteiger partial charge in [0.2, 0.25) is 0 Å². The van der Waals surface area contributed by atoms with Gasteiger partial charge in [-0.3, -0.25) is 4.79 Å². The summed E-state index contributed by atoms with van der Waals surface area (Å²) in [5, 5.41) is 11.3. The van der Waals surface area contributed by atoms with Crippen LogP contribution in [0.5, 0.6) is 0 Å². The summed E-state index contributed by atoms with van der Waals surface area (Å²) in [5.74, 6) is 0. The Morgan fingerprint density at radius 2 is 2.11 bits per heavy atom. The summed E-state index contributed by atoms with van der Waals surface area (Å²) in [7, 11) is 0. The van der Waals surface area contributed by atoms with Crippen LogP contribution in [0.2, 0.25) is 0 Å². The lowest BCUT2D eigenvalue weighted by atomic mass is 10.1. The average molecular weight is 247 g/mol. The molecule has 0 amide bonds. The number of carbonyl (C=O) groups is 1. The van der Waals surface area contributed by atoms with E-state index in [0.29, 0.717) is 13.1 Å². The van der Waals surface area contributed by atoms with Gasteiger partial charge < -0.3 is 5.73 Å². The average Bonchev–Trinajstić information content (AvgIpc) is 2.75. The van der Waals surface area contributed by atoms with E-state index in [4.69, 9.17) is 5.73 Å². The third-order valence-electron chi connectivity index (χ3n) is 3.00. The molecule has 0 aliphatic carbocycles. The number of hydrogen-bond donors (Lipinski definition) is 1. The summed E-state index contributed by atoms with van der Waals surface area (Å²) < 4.78 is 0. The fraction of sp³-hybridized carbons (Fsp3) is 0.417. The molecule has 6 nitrogen and oxygen atoms in total. The van der Waals surface area contributed by atoms with Crippen molar-refractivity contribution < 1.29 is 4.79 Å². The molecule has 2 rings (SSSR count). The summed E-state index contributed by atoms with van der Waals surface area (Å²) in [4.78, 5) is 11.1. The zero-order chi connectivity index (χ0) is 13.1. The molecular formula is C12H17N5O. The van der Waals surface area contributed by atoms with Crippen LogP contribution >= 0.6 is 0 Å². The number of likely N-dealkylation sites (N-methyl/N-ethyl adjacent to an activating group) is 1. The third kappa shape index (κ3) is 2.27. The lowest BCUT2D eigenvalue weighted by molar-refractivity contribution is -0.116. The molecule has 0 fully saturated rings. The van der Waals surface area contributed by atoms with E-state index in [1.54, 1.807) is 10.0 Å². The van der Waals surface area contributed by atoms with Crippen molar-refractivity contribution in [1.29, 1.82) is 0 Å². The summed E-state index contributed by atoms with van der Waals surface area (Å²) >= 11 is 0. The highest BCUT2D eigenvalue weighted by atomic mass is 16.1. The van der Waals surface area contributed by atoms with Gasteiger partial charge in [-0.1, -0.05) is 22.6 Å². The second-order valence-corrected chi connectivity index (χ2v) is 4.27. The van der Waals surface area contributed by atoms with Gasteiger partial charge in [-0.2, -0.15) is 0 Å². The Bertz CT molecular complexity index is 474. The summed E-state index contributed by atoms with van der Waals surface area (Å²) in [5.41, 5.74) is 8.63. The first-order valence-electron chi connectivity index (χ1n) is 5.91. The highest BCUT2D eigenvalue weighted by molar-refractivity contribution is 5.57. The largest absolute Gasteiger partial charge is 0.399 e. The summed E-state index contributed by atoms with van der Waals surface area (Å²) in [6, 6.07) is 5.81. The first-order chi connectivity index (χ1) is 8.65. The maximum Gasteiger partial charge on any atom is 0.193 e. The van der Waals surface area contributed by atoms with Crippen LogP contribution in [0.15, 0.2) is 28.6 Å². The molecule has 1 unspecified atom stereocenters. The van der Waals surface area contributed by atoms with Gasteiger partial charge in [0.15, 0.2) is 12.5 Å². The number of nitrogens with zero attached hydrogens (tertiary/aromatic N) is 4. The van der Waals surface area contributed by atoms with E-state index in [1.807, 2.05) is 32.0 Å². The molecule has 1 aliphatic rings. The van der Waals surface area contributed by atoms with E-state index < -0.39 is 6.17 Å². The molecule has 1 aromatic carbocycles. The first kappa shape index (κ1) is 12.3. The molecule has 0 saturated carbocycles. The van der Waals surface area contributed by atoms with Crippen LogP contribution in [-0.4, -0.2) is 29.0 Å². The van der Waals surface area contributed by atoms with Crippen LogP contribution in [0.3, 0.4) is 0 Å². The fourth-order valence-corrected chi connectivity index (χ4v) is 1.90. The van der Waals surface area contributed by atoms with Crippen LogP contribution < -0.4 is 5.73 Å². The standard InChI is InChI=1S/C12H17N5O/c1-3-16-12(8-18)17(15-14-16)7-10-4-5-11(13)9(2)6-10/h4-6,8,12H,3,7,13H2,1-2H3. The van der Waals surface area contributed by atoms with Gasteiger partial charge in [0, 0.05) is 12.2 Å². The number of anilines is 1. The number of rotatable bonds is 4. The SMILES string of the molecule is CCN1N=NN(Cc2ccc(N)c(C)c2)C1C=O. The second-order valence-electron chi connectivity index (χ2n) is 4.27. The van der Waals surface area contributed by atoms with Crippen molar-refractivity contribution in [3.63, 3.8) is 0 Å². The van der Waals surface area contributed by atoms with Crippen molar-refractivity contribution in [2.45, 2.75) is 26.6 Å². The van der Waals surface area contributed by atoms with Crippen LogP contribution in [-0.2, 0) is 11.3 Å².